The predicted molar refractivity (Wildman–Crippen MR) is 102 cm³/mol. The molecule has 0 spiro atoms. The third-order valence-corrected chi connectivity index (χ3v) is 5.59. The summed E-state index contributed by atoms with van der Waals surface area (Å²) in [6.45, 7) is 6.51. The van der Waals surface area contributed by atoms with Crippen molar-refractivity contribution in [1.82, 2.24) is 9.80 Å². The van der Waals surface area contributed by atoms with E-state index in [1.54, 1.807) is 18.2 Å². The summed E-state index contributed by atoms with van der Waals surface area (Å²) in [6.07, 6.45) is 3.32. The highest BCUT2D eigenvalue weighted by molar-refractivity contribution is 6.35. The van der Waals surface area contributed by atoms with Gasteiger partial charge in [0.1, 0.15) is 0 Å². The molecular weight excluding hydrogens is 361 g/mol. The lowest BCUT2D eigenvalue weighted by Crippen LogP contribution is -2.42. The second-order valence-electron chi connectivity index (χ2n) is 6.73. The number of carbonyl (C=O) groups excluding carboxylic acids is 1. The summed E-state index contributed by atoms with van der Waals surface area (Å²) in [5.41, 5.74) is 0.564. The van der Waals surface area contributed by atoms with E-state index in [1.807, 2.05) is 4.90 Å². The van der Waals surface area contributed by atoms with E-state index in [0.717, 1.165) is 58.8 Å². The molecule has 2 saturated heterocycles. The molecule has 0 atom stereocenters. The van der Waals surface area contributed by atoms with E-state index in [1.165, 1.54) is 6.42 Å². The van der Waals surface area contributed by atoms with Crippen molar-refractivity contribution in [2.45, 2.75) is 19.3 Å². The Morgan fingerprint density at radius 3 is 2.60 bits per heavy atom. The first-order chi connectivity index (χ1) is 12.1. The van der Waals surface area contributed by atoms with Gasteiger partial charge in [0.15, 0.2) is 0 Å². The van der Waals surface area contributed by atoms with Gasteiger partial charge in [-0.1, -0.05) is 23.2 Å². The first-order valence-corrected chi connectivity index (χ1v) is 9.68. The molecule has 2 amide bonds. The number of urea groups is 1. The topological polar surface area (TPSA) is 44.8 Å². The van der Waals surface area contributed by atoms with Crippen molar-refractivity contribution in [2.75, 3.05) is 51.3 Å². The summed E-state index contributed by atoms with van der Waals surface area (Å²) >= 11 is 12.1. The minimum atomic E-state index is -0.101. The third kappa shape index (κ3) is 5.48. The van der Waals surface area contributed by atoms with Gasteiger partial charge in [-0.15, -0.1) is 0 Å². The lowest BCUT2D eigenvalue weighted by molar-refractivity contribution is 0.0340. The smallest absolute Gasteiger partial charge is 0.321 e. The molecule has 1 N–H and O–H groups in total. The summed E-state index contributed by atoms with van der Waals surface area (Å²) < 4.78 is 5.39. The molecule has 25 heavy (non-hydrogen) atoms. The average molecular weight is 386 g/mol. The highest BCUT2D eigenvalue weighted by Gasteiger charge is 2.24. The van der Waals surface area contributed by atoms with Gasteiger partial charge in [-0.3, -0.25) is 4.90 Å². The fraction of sp³-hybridized carbons (Fsp3) is 0.611. The zero-order chi connectivity index (χ0) is 17.6. The summed E-state index contributed by atoms with van der Waals surface area (Å²) in [7, 11) is 0. The van der Waals surface area contributed by atoms with Crippen LogP contribution in [0.25, 0.3) is 0 Å². The second kappa shape index (κ2) is 9.08. The fourth-order valence-corrected chi connectivity index (χ4v) is 3.74. The molecule has 138 valence electrons. The van der Waals surface area contributed by atoms with Crippen LogP contribution in [0.5, 0.6) is 0 Å². The molecule has 0 bridgehead atoms. The summed E-state index contributed by atoms with van der Waals surface area (Å²) in [5.74, 6) is 0.696. The molecule has 0 unspecified atom stereocenters. The number of morpholine rings is 1. The maximum Gasteiger partial charge on any atom is 0.321 e. The molecule has 2 aliphatic rings. The van der Waals surface area contributed by atoms with Crippen LogP contribution in [0.1, 0.15) is 19.3 Å². The molecular formula is C18H25Cl2N3O2. The Bertz CT molecular complexity index is 586. The molecule has 1 aromatic rings. The lowest BCUT2D eigenvalue weighted by atomic mass is 9.93. The minimum absolute atomic E-state index is 0.101. The number of halogens is 2. The van der Waals surface area contributed by atoms with Gasteiger partial charge in [0, 0.05) is 31.2 Å². The standard InChI is InChI=1S/C18H25Cl2N3O2/c19-15-1-2-16(20)17(13-15)21-18(24)23-7-4-14(5-8-23)3-6-22-9-11-25-12-10-22/h1-2,13-14H,3-12H2,(H,21,24). The van der Waals surface area contributed by atoms with Gasteiger partial charge >= 0.3 is 6.03 Å². The van der Waals surface area contributed by atoms with Crippen LogP contribution in [0.4, 0.5) is 10.5 Å². The van der Waals surface area contributed by atoms with Crippen molar-refractivity contribution >= 4 is 34.9 Å². The normalized spacial score (nSPS) is 19.8. The number of likely N-dealkylation sites (tertiary alicyclic amines) is 1. The van der Waals surface area contributed by atoms with Crippen LogP contribution in [0.15, 0.2) is 18.2 Å². The number of hydrogen-bond acceptors (Lipinski definition) is 3. The predicted octanol–water partition coefficient (Wildman–Crippen LogP) is 3.96. The number of hydrogen-bond donors (Lipinski definition) is 1. The quantitative estimate of drug-likeness (QED) is 0.852. The molecule has 0 radical (unpaired) electrons. The SMILES string of the molecule is O=C(Nc1cc(Cl)ccc1Cl)N1CCC(CCN2CCOCC2)CC1. The Balaban J connectivity index is 1.42. The van der Waals surface area contributed by atoms with Gasteiger partial charge in [0.05, 0.1) is 23.9 Å². The van der Waals surface area contributed by atoms with Gasteiger partial charge in [-0.2, -0.15) is 0 Å². The molecule has 7 heteroatoms. The van der Waals surface area contributed by atoms with Crippen LogP contribution in [-0.2, 0) is 4.74 Å². The molecule has 0 aliphatic carbocycles. The fourth-order valence-electron chi connectivity index (χ4n) is 3.40. The van der Waals surface area contributed by atoms with Crippen LogP contribution < -0.4 is 5.32 Å². The van der Waals surface area contributed by atoms with E-state index in [4.69, 9.17) is 27.9 Å². The van der Waals surface area contributed by atoms with E-state index in [0.29, 0.717) is 21.7 Å². The van der Waals surface area contributed by atoms with Crippen molar-refractivity contribution in [3.05, 3.63) is 28.2 Å². The number of anilines is 1. The van der Waals surface area contributed by atoms with Crippen molar-refractivity contribution < 1.29 is 9.53 Å². The van der Waals surface area contributed by atoms with E-state index in [-0.39, 0.29) is 6.03 Å². The Labute approximate surface area is 159 Å². The van der Waals surface area contributed by atoms with Gasteiger partial charge in [-0.05, 0) is 49.9 Å². The third-order valence-electron chi connectivity index (χ3n) is 5.03. The first-order valence-electron chi connectivity index (χ1n) is 8.93. The van der Waals surface area contributed by atoms with Crippen molar-refractivity contribution in [1.29, 1.82) is 0 Å². The highest BCUT2D eigenvalue weighted by Crippen LogP contribution is 2.27. The van der Waals surface area contributed by atoms with Crippen LogP contribution in [0, 0.1) is 5.92 Å². The monoisotopic (exact) mass is 385 g/mol. The molecule has 5 nitrogen and oxygen atoms in total. The van der Waals surface area contributed by atoms with Gasteiger partial charge < -0.3 is 15.0 Å². The largest absolute Gasteiger partial charge is 0.379 e. The molecule has 2 aliphatic heterocycles. The van der Waals surface area contributed by atoms with Crippen molar-refractivity contribution in [3.63, 3.8) is 0 Å². The van der Waals surface area contributed by atoms with E-state index in [2.05, 4.69) is 10.2 Å². The first kappa shape index (κ1) is 18.8. The number of carbonyl (C=O) groups is 1. The van der Waals surface area contributed by atoms with Gasteiger partial charge in [0.25, 0.3) is 0 Å². The number of benzene rings is 1. The number of rotatable bonds is 4. The Kier molecular flexibility index (Phi) is 6.82. The lowest BCUT2D eigenvalue weighted by Gasteiger charge is -2.34. The number of ether oxygens (including phenoxy) is 1. The Morgan fingerprint density at radius 1 is 1.16 bits per heavy atom. The second-order valence-corrected chi connectivity index (χ2v) is 7.57. The zero-order valence-electron chi connectivity index (χ0n) is 14.3. The van der Waals surface area contributed by atoms with E-state index in [9.17, 15) is 4.79 Å². The van der Waals surface area contributed by atoms with Crippen LogP contribution in [-0.4, -0.2) is 61.8 Å². The van der Waals surface area contributed by atoms with Gasteiger partial charge in [0.2, 0.25) is 0 Å². The summed E-state index contributed by atoms with van der Waals surface area (Å²) in [6, 6.07) is 4.98. The molecule has 2 heterocycles. The average Bonchev–Trinajstić information content (AvgIpc) is 2.64. The summed E-state index contributed by atoms with van der Waals surface area (Å²) in [4.78, 5) is 16.8. The zero-order valence-corrected chi connectivity index (χ0v) is 15.9. The molecule has 1 aromatic carbocycles. The number of piperidine rings is 1. The van der Waals surface area contributed by atoms with Gasteiger partial charge in [-0.25, -0.2) is 4.79 Å². The maximum atomic E-state index is 12.4. The Hall–Kier alpha value is -1.01. The minimum Gasteiger partial charge on any atom is -0.379 e. The number of nitrogens with zero attached hydrogens (tertiary/aromatic N) is 2. The van der Waals surface area contributed by atoms with Crippen molar-refractivity contribution in [3.8, 4) is 0 Å². The molecule has 0 aromatic heterocycles. The van der Waals surface area contributed by atoms with E-state index < -0.39 is 0 Å². The van der Waals surface area contributed by atoms with Crippen LogP contribution in [0.2, 0.25) is 10.0 Å². The highest BCUT2D eigenvalue weighted by atomic mass is 35.5. The van der Waals surface area contributed by atoms with Crippen molar-refractivity contribution in [2.24, 2.45) is 5.92 Å². The molecule has 0 saturated carbocycles. The number of nitrogens with one attached hydrogen (secondary N) is 1. The Morgan fingerprint density at radius 2 is 1.88 bits per heavy atom. The van der Waals surface area contributed by atoms with E-state index >= 15 is 0 Å². The number of amides is 2. The summed E-state index contributed by atoms with van der Waals surface area (Å²) in [5, 5.41) is 3.92. The maximum absolute atomic E-state index is 12.4. The molecule has 2 fully saturated rings. The van der Waals surface area contributed by atoms with Crippen LogP contribution >= 0.6 is 23.2 Å². The van der Waals surface area contributed by atoms with Crippen LogP contribution in [0.3, 0.4) is 0 Å². The molecule has 3 rings (SSSR count).